The van der Waals surface area contributed by atoms with Crippen LogP contribution in [0.2, 0.25) is 0 Å². The van der Waals surface area contributed by atoms with Crippen molar-refractivity contribution in [1.82, 2.24) is 0 Å². The van der Waals surface area contributed by atoms with Crippen LogP contribution in [-0.4, -0.2) is 17.6 Å². The lowest BCUT2D eigenvalue weighted by Crippen LogP contribution is -2.48. The number of unbranched alkanes of at least 4 members (excludes halogenated alkanes) is 16. The summed E-state index contributed by atoms with van der Waals surface area (Å²) in [7, 11) is 0. The highest BCUT2D eigenvalue weighted by molar-refractivity contribution is 5.15. The number of hydrogen-bond donors (Lipinski definition) is 0. The lowest BCUT2D eigenvalue weighted by atomic mass is 10.0. The molecule has 0 aliphatic rings. The van der Waals surface area contributed by atoms with Gasteiger partial charge in [-0.1, -0.05) is 164 Å². The van der Waals surface area contributed by atoms with E-state index in [-0.39, 0.29) is 0 Å². The fourth-order valence-corrected chi connectivity index (χ4v) is 5.94. The van der Waals surface area contributed by atoms with Gasteiger partial charge in [-0.25, -0.2) is 0 Å². The summed E-state index contributed by atoms with van der Waals surface area (Å²) in [5.41, 5.74) is 3.01. The van der Waals surface area contributed by atoms with Gasteiger partial charge in [0.1, 0.15) is 13.1 Å². The minimum atomic E-state index is 1.17. The molecular formula is C36H60N+. The van der Waals surface area contributed by atoms with Crippen LogP contribution in [0.1, 0.15) is 141 Å². The normalized spacial score (nSPS) is 11.7. The molecule has 37 heavy (non-hydrogen) atoms. The van der Waals surface area contributed by atoms with Gasteiger partial charge < -0.3 is 4.48 Å². The molecule has 0 saturated heterocycles. The van der Waals surface area contributed by atoms with Gasteiger partial charge in [0, 0.05) is 11.1 Å². The molecule has 0 amide bonds. The van der Waals surface area contributed by atoms with Crippen LogP contribution in [0.3, 0.4) is 0 Å². The van der Waals surface area contributed by atoms with Crippen LogP contribution >= 0.6 is 0 Å². The topological polar surface area (TPSA) is 0 Å². The van der Waals surface area contributed by atoms with Gasteiger partial charge in [-0.3, -0.25) is 0 Å². The fraction of sp³-hybridized carbons (Fsp3) is 0.667. The molecule has 208 valence electrons. The molecule has 0 spiro atoms. The third kappa shape index (κ3) is 15.4. The molecule has 1 nitrogen and oxygen atoms in total. The minimum absolute atomic E-state index is 1.17. The van der Waals surface area contributed by atoms with Gasteiger partial charge in [-0.15, -0.1) is 0 Å². The van der Waals surface area contributed by atoms with Gasteiger partial charge in [-0.05, 0) is 25.7 Å². The number of nitrogens with zero attached hydrogens (tertiary/aromatic N) is 1. The van der Waals surface area contributed by atoms with Crippen LogP contribution in [0.5, 0.6) is 0 Å². The van der Waals surface area contributed by atoms with Crippen molar-refractivity contribution in [1.29, 1.82) is 0 Å². The summed E-state index contributed by atoms with van der Waals surface area (Å²) < 4.78 is 1.22. The fourth-order valence-electron chi connectivity index (χ4n) is 5.94. The van der Waals surface area contributed by atoms with E-state index in [9.17, 15) is 0 Å². The van der Waals surface area contributed by atoms with Crippen molar-refractivity contribution in [2.75, 3.05) is 13.1 Å². The van der Waals surface area contributed by atoms with Crippen LogP contribution in [0, 0.1) is 0 Å². The van der Waals surface area contributed by atoms with E-state index in [0.717, 1.165) is 0 Å². The Labute approximate surface area is 231 Å². The smallest absolute Gasteiger partial charge is 0.105 e. The zero-order chi connectivity index (χ0) is 26.3. The maximum atomic E-state index is 2.35. The Balaban J connectivity index is 1.93. The summed E-state index contributed by atoms with van der Waals surface area (Å²) in [6.45, 7) is 9.59. The van der Waals surface area contributed by atoms with Crippen molar-refractivity contribution < 1.29 is 4.48 Å². The van der Waals surface area contributed by atoms with E-state index in [1.165, 1.54) is 157 Å². The molecule has 0 fully saturated rings. The van der Waals surface area contributed by atoms with E-state index in [0.29, 0.717) is 0 Å². The number of rotatable bonds is 24. The summed E-state index contributed by atoms with van der Waals surface area (Å²) in [6.07, 6.45) is 25.4. The average molecular weight is 507 g/mol. The summed E-state index contributed by atoms with van der Waals surface area (Å²) >= 11 is 0. The average Bonchev–Trinajstić information content (AvgIpc) is 2.92. The molecule has 0 aliphatic heterocycles. The second kappa shape index (κ2) is 21.3. The SMILES string of the molecule is CCCCCCCCCCC[N+](CCCCCCCCCCC)(Cc1ccccc1)Cc1ccccc1. The molecule has 0 aliphatic carbocycles. The maximum absolute atomic E-state index is 2.35. The van der Waals surface area contributed by atoms with Gasteiger partial charge >= 0.3 is 0 Å². The van der Waals surface area contributed by atoms with Gasteiger partial charge in [0.15, 0.2) is 0 Å². The minimum Gasteiger partial charge on any atom is -0.316 e. The molecule has 2 aromatic carbocycles. The Hall–Kier alpha value is -1.60. The first-order valence-corrected chi connectivity index (χ1v) is 16.2. The third-order valence-electron chi connectivity index (χ3n) is 8.19. The molecule has 0 aromatic heterocycles. The second-order valence-electron chi connectivity index (χ2n) is 11.7. The zero-order valence-electron chi connectivity index (χ0n) is 24.8. The number of quaternary nitrogens is 1. The first-order valence-electron chi connectivity index (χ1n) is 16.2. The van der Waals surface area contributed by atoms with Crippen LogP contribution < -0.4 is 0 Å². The molecule has 2 aromatic rings. The summed E-state index contributed by atoms with van der Waals surface area (Å²) in [5, 5.41) is 0. The Morgan fingerprint density at radius 3 is 1.00 bits per heavy atom. The van der Waals surface area contributed by atoms with Gasteiger partial charge in [-0.2, -0.15) is 0 Å². The Morgan fingerprint density at radius 2 is 0.676 bits per heavy atom. The predicted molar refractivity (Wildman–Crippen MR) is 165 cm³/mol. The summed E-state index contributed by atoms with van der Waals surface area (Å²) in [4.78, 5) is 0. The largest absolute Gasteiger partial charge is 0.316 e. The monoisotopic (exact) mass is 506 g/mol. The van der Waals surface area contributed by atoms with E-state index < -0.39 is 0 Å². The molecule has 0 bridgehead atoms. The molecule has 1 heteroatoms. The zero-order valence-corrected chi connectivity index (χ0v) is 24.8. The first kappa shape index (κ1) is 31.6. The van der Waals surface area contributed by atoms with Crippen LogP contribution in [0.15, 0.2) is 60.7 Å². The van der Waals surface area contributed by atoms with Crippen LogP contribution in [0.4, 0.5) is 0 Å². The predicted octanol–water partition coefficient (Wildman–Crippen LogP) is 11.3. The Kier molecular flexibility index (Phi) is 18.2. The lowest BCUT2D eigenvalue weighted by Gasteiger charge is -2.39. The molecule has 0 radical (unpaired) electrons. The van der Waals surface area contributed by atoms with Crippen LogP contribution in [-0.2, 0) is 13.1 Å². The molecule has 0 atom stereocenters. The number of benzene rings is 2. The van der Waals surface area contributed by atoms with Crippen molar-refractivity contribution in [3.8, 4) is 0 Å². The third-order valence-corrected chi connectivity index (χ3v) is 8.19. The maximum Gasteiger partial charge on any atom is 0.105 e. The molecule has 0 heterocycles. The molecule has 0 saturated carbocycles. The van der Waals surface area contributed by atoms with Crippen molar-refractivity contribution in [2.24, 2.45) is 0 Å². The van der Waals surface area contributed by atoms with Crippen molar-refractivity contribution in [3.63, 3.8) is 0 Å². The van der Waals surface area contributed by atoms with Crippen molar-refractivity contribution in [2.45, 2.75) is 143 Å². The quantitative estimate of drug-likeness (QED) is 0.0980. The standard InChI is InChI=1S/C36H60N/c1-3-5-7-9-11-13-15-17-25-31-37(33-35-27-21-19-22-28-35,34-36-29-23-20-24-30-36)32-26-18-16-14-12-10-8-6-4-2/h19-24,27-30H,3-18,25-26,31-34H2,1-2H3/q+1. The Bertz CT molecular complexity index is 672. The molecule has 0 N–H and O–H groups in total. The van der Waals surface area contributed by atoms with Crippen LogP contribution in [0.25, 0.3) is 0 Å². The van der Waals surface area contributed by atoms with E-state index in [1.54, 1.807) is 0 Å². The van der Waals surface area contributed by atoms with Gasteiger partial charge in [0.05, 0.1) is 13.1 Å². The van der Waals surface area contributed by atoms with E-state index in [2.05, 4.69) is 74.5 Å². The second-order valence-corrected chi connectivity index (χ2v) is 11.7. The van der Waals surface area contributed by atoms with E-state index >= 15 is 0 Å². The number of hydrogen-bond acceptors (Lipinski definition) is 0. The molecular weight excluding hydrogens is 446 g/mol. The Morgan fingerprint density at radius 1 is 0.378 bits per heavy atom. The summed E-state index contributed by atoms with van der Waals surface area (Å²) in [5.74, 6) is 0. The van der Waals surface area contributed by atoms with E-state index in [4.69, 9.17) is 0 Å². The van der Waals surface area contributed by atoms with Gasteiger partial charge in [0.25, 0.3) is 0 Å². The molecule has 2 rings (SSSR count). The highest BCUT2D eigenvalue weighted by Crippen LogP contribution is 2.24. The highest BCUT2D eigenvalue weighted by Gasteiger charge is 2.27. The van der Waals surface area contributed by atoms with Crippen molar-refractivity contribution >= 4 is 0 Å². The highest BCUT2D eigenvalue weighted by atomic mass is 15.3. The summed E-state index contributed by atoms with van der Waals surface area (Å²) in [6, 6.07) is 22.6. The first-order chi connectivity index (χ1) is 18.3. The van der Waals surface area contributed by atoms with Crippen molar-refractivity contribution in [3.05, 3.63) is 71.8 Å². The van der Waals surface area contributed by atoms with Gasteiger partial charge in [0.2, 0.25) is 0 Å². The lowest BCUT2D eigenvalue weighted by molar-refractivity contribution is -0.954. The molecule has 0 unspecified atom stereocenters. The van der Waals surface area contributed by atoms with E-state index in [1.807, 2.05) is 0 Å².